The summed E-state index contributed by atoms with van der Waals surface area (Å²) in [5.74, 6) is 0.368. The molecule has 24 heavy (non-hydrogen) atoms. The van der Waals surface area contributed by atoms with Crippen molar-refractivity contribution in [1.29, 1.82) is 0 Å². The average Bonchev–Trinajstić information content (AvgIpc) is 2.55. The molecule has 0 unspecified atom stereocenters. The number of rotatable bonds is 7. The van der Waals surface area contributed by atoms with Crippen LogP contribution in [0.5, 0.6) is 5.75 Å². The Kier molecular flexibility index (Phi) is 6.53. The predicted octanol–water partition coefficient (Wildman–Crippen LogP) is 5.00. The third kappa shape index (κ3) is 5.18. The summed E-state index contributed by atoms with van der Waals surface area (Å²) in [5, 5.41) is 6.58. The van der Waals surface area contributed by atoms with Gasteiger partial charge in [0.25, 0.3) is 0 Å². The number of ether oxygens (including phenoxy) is 1. The van der Waals surface area contributed by atoms with Gasteiger partial charge in [0, 0.05) is 0 Å². The minimum absolute atomic E-state index is 0.0505. The molecule has 0 aliphatic carbocycles. The minimum atomic E-state index is -0.225. The van der Waals surface area contributed by atoms with Crippen molar-refractivity contribution in [2.45, 2.75) is 6.92 Å². The first-order valence-electron chi connectivity index (χ1n) is 7.31. The topological polar surface area (TPSA) is 50.4 Å². The lowest BCUT2D eigenvalue weighted by atomic mass is 10.3. The number of carbonyl (C=O) groups is 1. The van der Waals surface area contributed by atoms with Crippen LogP contribution in [0.15, 0.2) is 54.6 Å². The summed E-state index contributed by atoms with van der Waals surface area (Å²) in [4.78, 5) is 12.1. The van der Waals surface area contributed by atoms with Gasteiger partial charge in [0.05, 0.1) is 28.0 Å². The molecule has 126 valence electrons. The molecular formula is C18H18Cl2N2O2. The molecule has 0 aliphatic rings. The van der Waals surface area contributed by atoms with Gasteiger partial charge >= 0.3 is 0 Å². The first-order valence-corrected chi connectivity index (χ1v) is 8.07. The lowest BCUT2D eigenvalue weighted by molar-refractivity contribution is -0.114. The normalized spacial score (nSPS) is 10.1. The molecule has 2 N–H and O–H groups in total. The van der Waals surface area contributed by atoms with Crippen molar-refractivity contribution in [3.05, 3.63) is 64.7 Å². The summed E-state index contributed by atoms with van der Waals surface area (Å²) in [5.41, 5.74) is 2.10. The molecular weight excluding hydrogens is 347 g/mol. The zero-order chi connectivity index (χ0) is 17.5. The van der Waals surface area contributed by atoms with Crippen molar-refractivity contribution in [3.8, 4) is 5.75 Å². The SMILES string of the molecule is C=C(C)COc1ccccc1NC(=O)CNc1cccc(Cl)c1Cl. The number of benzene rings is 2. The second-order valence-electron chi connectivity index (χ2n) is 5.25. The lowest BCUT2D eigenvalue weighted by Crippen LogP contribution is -2.22. The van der Waals surface area contributed by atoms with Crippen LogP contribution in [-0.2, 0) is 4.79 Å². The maximum absolute atomic E-state index is 12.1. The second-order valence-corrected chi connectivity index (χ2v) is 6.03. The van der Waals surface area contributed by atoms with Crippen LogP contribution in [0.1, 0.15) is 6.92 Å². The molecule has 2 rings (SSSR count). The van der Waals surface area contributed by atoms with E-state index in [9.17, 15) is 4.79 Å². The van der Waals surface area contributed by atoms with Gasteiger partial charge < -0.3 is 15.4 Å². The molecule has 0 spiro atoms. The summed E-state index contributed by atoms with van der Waals surface area (Å²) in [7, 11) is 0. The number of nitrogens with one attached hydrogen (secondary N) is 2. The van der Waals surface area contributed by atoms with E-state index in [4.69, 9.17) is 27.9 Å². The highest BCUT2D eigenvalue weighted by Crippen LogP contribution is 2.29. The first kappa shape index (κ1) is 18.2. The van der Waals surface area contributed by atoms with Crippen molar-refractivity contribution in [2.75, 3.05) is 23.8 Å². The fourth-order valence-corrected chi connectivity index (χ4v) is 2.27. The molecule has 6 heteroatoms. The van der Waals surface area contributed by atoms with Crippen molar-refractivity contribution < 1.29 is 9.53 Å². The van der Waals surface area contributed by atoms with Gasteiger partial charge in [-0.2, -0.15) is 0 Å². The Morgan fingerprint density at radius 2 is 1.83 bits per heavy atom. The summed E-state index contributed by atoms with van der Waals surface area (Å²) >= 11 is 12.0. The van der Waals surface area contributed by atoms with E-state index in [1.165, 1.54) is 0 Å². The molecule has 0 radical (unpaired) electrons. The van der Waals surface area contributed by atoms with Crippen molar-refractivity contribution >= 4 is 40.5 Å². The van der Waals surface area contributed by atoms with Gasteiger partial charge in [0.2, 0.25) is 5.91 Å². The van der Waals surface area contributed by atoms with Crippen LogP contribution in [0.3, 0.4) is 0 Å². The number of para-hydroxylation sites is 2. The molecule has 2 aromatic carbocycles. The fraction of sp³-hybridized carbons (Fsp3) is 0.167. The fourth-order valence-electron chi connectivity index (χ4n) is 1.91. The second kappa shape index (κ2) is 8.62. The van der Waals surface area contributed by atoms with Crippen LogP contribution in [-0.4, -0.2) is 19.1 Å². The highest BCUT2D eigenvalue weighted by molar-refractivity contribution is 6.43. The highest BCUT2D eigenvalue weighted by Gasteiger charge is 2.09. The van der Waals surface area contributed by atoms with E-state index in [2.05, 4.69) is 17.2 Å². The quantitative estimate of drug-likeness (QED) is 0.679. The Labute approximate surface area is 151 Å². The van der Waals surface area contributed by atoms with E-state index in [1.54, 1.807) is 30.3 Å². The first-order chi connectivity index (χ1) is 11.5. The van der Waals surface area contributed by atoms with Gasteiger partial charge in [0.1, 0.15) is 12.4 Å². The number of amides is 1. The average molecular weight is 365 g/mol. The van der Waals surface area contributed by atoms with E-state index in [0.717, 1.165) is 5.57 Å². The molecule has 2 aromatic rings. The molecule has 0 aliphatic heterocycles. The van der Waals surface area contributed by atoms with E-state index in [0.29, 0.717) is 33.8 Å². The number of halogens is 2. The van der Waals surface area contributed by atoms with Gasteiger partial charge in [-0.15, -0.1) is 0 Å². The summed E-state index contributed by atoms with van der Waals surface area (Å²) in [6.45, 7) is 6.11. The van der Waals surface area contributed by atoms with Crippen LogP contribution in [0.25, 0.3) is 0 Å². The van der Waals surface area contributed by atoms with Crippen molar-refractivity contribution in [3.63, 3.8) is 0 Å². The van der Waals surface area contributed by atoms with E-state index < -0.39 is 0 Å². The van der Waals surface area contributed by atoms with Gasteiger partial charge in [-0.3, -0.25) is 4.79 Å². The van der Waals surface area contributed by atoms with Gasteiger partial charge in [-0.25, -0.2) is 0 Å². The van der Waals surface area contributed by atoms with E-state index in [-0.39, 0.29) is 12.5 Å². The van der Waals surface area contributed by atoms with E-state index >= 15 is 0 Å². The van der Waals surface area contributed by atoms with Crippen LogP contribution >= 0.6 is 23.2 Å². The molecule has 0 aromatic heterocycles. The molecule has 1 amide bonds. The maximum Gasteiger partial charge on any atom is 0.243 e. The molecule has 0 fully saturated rings. The largest absolute Gasteiger partial charge is 0.487 e. The van der Waals surface area contributed by atoms with E-state index in [1.807, 2.05) is 19.1 Å². The van der Waals surface area contributed by atoms with Gasteiger partial charge in [-0.05, 0) is 36.8 Å². The summed E-state index contributed by atoms with van der Waals surface area (Å²) in [6, 6.07) is 12.4. The van der Waals surface area contributed by atoms with Crippen LogP contribution in [0.2, 0.25) is 10.0 Å². The molecule has 0 saturated carbocycles. The zero-order valence-corrected chi connectivity index (χ0v) is 14.7. The smallest absolute Gasteiger partial charge is 0.243 e. The molecule has 4 nitrogen and oxygen atoms in total. The molecule has 0 heterocycles. The van der Waals surface area contributed by atoms with Crippen LogP contribution in [0.4, 0.5) is 11.4 Å². The number of hydrogen-bond donors (Lipinski definition) is 2. The zero-order valence-electron chi connectivity index (χ0n) is 13.2. The highest BCUT2D eigenvalue weighted by atomic mass is 35.5. The van der Waals surface area contributed by atoms with Crippen molar-refractivity contribution in [2.24, 2.45) is 0 Å². The maximum atomic E-state index is 12.1. The Balaban J connectivity index is 1.97. The van der Waals surface area contributed by atoms with Gasteiger partial charge in [-0.1, -0.05) is 48.0 Å². The van der Waals surface area contributed by atoms with Gasteiger partial charge in [0.15, 0.2) is 0 Å². The third-order valence-corrected chi connectivity index (χ3v) is 3.85. The number of hydrogen-bond acceptors (Lipinski definition) is 3. The third-order valence-electron chi connectivity index (χ3n) is 3.03. The standard InChI is InChI=1S/C18H18Cl2N2O2/c1-12(2)11-24-16-9-4-3-7-14(16)22-17(23)10-21-15-8-5-6-13(19)18(15)20/h3-9,21H,1,10-11H2,2H3,(H,22,23). The number of carbonyl (C=O) groups excluding carboxylic acids is 1. The lowest BCUT2D eigenvalue weighted by Gasteiger charge is -2.13. The Morgan fingerprint density at radius 1 is 1.12 bits per heavy atom. The van der Waals surface area contributed by atoms with Crippen LogP contribution < -0.4 is 15.4 Å². The Bertz CT molecular complexity index is 748. The molecule has 0 atom stereocenters. The monoisotopic (exact) mass is 364 g/mol. The van der Waals surface area contributed by atoms with Crippen LogP contribution in [0, 0.1) is 0 Å². The Hall–Kier alpha value is -2.17. The van der Waals surface area contributed by atoms with Crippen molar-refractivity contribution in [1.82, 2.24) is 0 Å². The predicted molar refractivity (Wildman–Crippen MR) is 100 cm³/mol. The number of anilines is 2. The molecule has 0 saturated heterocycles. The summed E-state index contributed by atoms with van der Waals surface area (Å²) < 4.78 is 5.62. The summed E-state index contributed by atoms with van der Waals surface area (Å²) in [6.07, 6.45) is 0. The minimum Gasteiger partial charge on any atom is -0.487 e. The Morgan fingerprint density at radius 3 is 2.58 bits per heavy atom. The molecule has 0 bridgehead atoms.